The van der Waals surface area contributed by atoms with E-state index in [2.05, 4.69) is 15.9 Å². The maximum Gasteiger partial charge on any atom is 0.203 e. The second-order valence-corrected chi connectivity index (χ2v) is 9.05. The quantitative estimate of drug-likeness (QED) is 0.308. The number of halogens is 2. The Morgan fingerprint density at radius 1 is 0.711 bits per heavy atom. The summed E-state index contributed by atoms with van der Waals surface area (Å²) in [5, 5.41) is 0. The van der Waals surface area contributed by atoms with Gasteiger partial charge >= 0.3 is 0 Å². The molecule has 0 aromatic heterocycles. The van der Waals surface area contributed by atoms with Gasteiger partial charge in [0, 0.05) is 38.3 Å². The van der Waals surface area contributed by atoms with Crippen LogP contribution < -0.4 is 14.2 Å². The number of allylic oxidation sites excluding steroid dienone is 2. The molecule has 200 valence electrons. The van der Waals surface area contributed by atoms with Crippen molar-refractivity contribution in [3.63, 3.8) is 0 Å². The van der Waals surface area contributed by atoms with Gasteiger partial charge in [0.25, 0.3) is 0 Å². The van der Waals surface area contributed by atoms with E-state index in [1.54, 1.807) is 21.3 Å². The van der Waals surface area contributed by atoms with Gasteiger partial charge in [-0.2, -0.15) is 0 Å². The Balaban J connectivity index is 1.36. The fraction of sp³-hybridized carbons (Fsp3) is 0.290. The van der Waals surface area contributed by atoms with Gasteiger partial charge in [-0.25, -0.2) is 8.78 Å². The molecule has 1 heterocycles. The Labute approximate surface area is 223 Å². The fourth-order valence-electron chi connectivity index (χ4n) is 4.81. The van der Waals surface area contributed by atoms with Crippen LogP contribution in [0.3, 0.4) is 0 Å². The zero-order chi connectivity index (χ0) is 26.9. The number of piperazine rings is 1. The van der Waals surface area contributed by atoms with Gasteiger partial charge < -0.3 is 14.2 Å². The molecule has 0 saturated carbocycles. The SMILES string of the molecule is COc1ccc(/C=C/C=C/CN2CCN(C(c3ccc(F)cc3)c3ccc(F)cc3)CC2)c(OC)c1OC. The van der Waals surface area contributed by atoms with Crippen molar-refractivity contribution in [2.45, 2.75) is 6.04 Å². The van der Waals surface area contributed by atoms with Crippen molar-refractivity contribution in [1.29, 1.82) is 0 Å². The minimum atomic E-state index is -0.262. The molecular weight excluding hydrogens is 486 g/mol. The fourth-order valence-corrected chi connectivity index (χ4v) is 4.81. The summed E-state index contributed by atoms with van der Waals surface area (Å²) in [4.78, 5) is 4.77. The number of hydrogen-bond acceptors (Lipinski definition) is 5. The molecule has 38 heavy (non-hydrogen) atoms. The first-order valence-electron chi connectivity index (χ1n) is 12.6. The lowest BCUT2D eigenvalue weighted by atomic mass is 9.96. The first-order chi connectivity index (χ1) is 18.5. The number of hydrogen-bond donors (Lipinski definition) is 0. The van der Waals surface area contributed by atoms with E-state index in [0.29, 0.717) is 17.2 Å². The van der Waals surface area contributed by atoms with Crippen molar-refractivity contribution in [3.05, 3.63) is 107 Å². The molecule has 0 atom stereocenters. The smallest absolute Gasteiger partial charge is 0.203 e. The van der Waals surface area contributed by atoms with Crippen molar-refractivity contribution in [2.75, 3.05) is 54.1 Å². The van der Waals surface area contributed by atoms with E-state index in [4.69, 9.17) is 14.2 Å². The lowest BCUT2D eigenvalue weighted by Gasteiger charge is -2.39. The van der Waals surface area contributed by atoms with Gasteiger partial charge in [0.2, 0.25) is 5.75 Å². The summed E-state index contributed by atoms with van der Waals surface area (Å²) in [6.07, 6.45) is 8.13. The van der Waals surface area contributed by atoms with Gasteiger partial charge in [-0.05, 0) is 47.5 Å². The molecule has 0 radical (unpaired) electrons. The van der Waals surface area contributed by atoms with Crippen molar-refractivity contribution >= 4 is 6.08 Å². The third kappa shape index (κ3) is 6.60. The summed E-state index contributed by atoms with van der Waals surface area (Å²) >= 11 is 0. The second kappa shape index (κ2) is 13.2. The van der Waals surface area contributed by atoms with Gasteiger partial charge in [0.15, 0.2) is 11.5 Å². The number of ether oxygens (including phenoxy) is 3. The van der Waals surface area contributed by atoms with Crippen molar-refractivity contribution in [1.82, 2.24) is 9.80 Å². The molecule has 4 rings (SSSR count). The van der Waals surface area contributed by atoms with E-state index in [-0.39, 0.29) is 17.7 Å². The molecule has 1 saturated heterocycles. The molecule has 1 fully saturated rings. The van der Waals surface area contributed by atoms with Gasteiger partial charge in [0.05, 0.1) is 27.4 Å². The molecule has 3 aromatic rings. The minimum absolute atomic E-state index is 0.0479. The van der Waals surface area contributed by atoms with Gasteiger partial charge in [0.1, 0.15) is 11.6 Å². The zero-order valence-corrected chi connectivity index (χ0v) is 22.1. The normalized spacial score (nSPS) is 15.0. The van der Waals surface area contributed by atoms with Crippen molar-refractivity contribution in [2.24, 2.45) is 0 Å². The van der Waals surface area contributed by atoms with Gasteiger partial charge in [-0.1, -0.05) is 48.6 Å². The third-order valence-electron chi connectivity index (χ3n) is 6.76. The van der Waals surface area contributed by atoms with E-state index in [1.165, 1.54) is 24.3 Å². The van der Waals surface area contributed by atoms with Crippen LogP contribution in [0.5, 0.6) is 17.2 Å². The highest BCUT2D eigenvalue weighted by Crippen LogP contribution is 2.40. The highest BCUT2D eigenvalue weighted by atomic mass is 19.1. The molecule has 5 nitrogen and oxygen atoms in total. The molecule has 1 aliphatic rings. The standard InChI is InChI=1S/C31H34F2N2O3/c1-36-28-17-12-25(30(37-2)31(28)38-3)7-5-4-6-18-34-19-21-35(22-20-34)29(23-8-13-26(32)14-9-23)24-10-15-27(33)16-11-24/h4-17,29H,18-22H2,1-3H3/b6-4+,7-5+. The highest BCUT2D eigenvalue weighted by Gasteiger charge is 2.26. The van der Waals surface area contributed by atoms with Crippen LogP contribution in [0.25, 0.3) is 6.08 Å². The second-order valence-electron chi connectivity index (χ2n) is 9.05. The lowest BCUT2D eigenvalue weighted by molar-refractivity contribution is 0.117. The summed E-state index contributed by atoms with van der Waals surface area (Å²) in [5.74, 6) is 1.30. The van der Waals surface area contributed by atoms with E-state index in [0.717, 1.165) is 49.4 Å². The average Bonchev–Trinajstić information content (AvgIpc) is 2.95. The molecule has 0 aliphatic carbocycles. The summed E-state index contributed by atoms with van der Waals surface area (Å²) in [5.41, 5.74) is 2.90. The molecular formula is C31H34F2N2O3. The van der Waals surface area contributed by atoms with Crippen LogP contribution in [0.2, 0.25) is 0 Å². The average molecular weight is 521 g/mol. The Hall–Kier alpha value is -3.68. The van der Waals surface area contributed by atoms with E-state index in [9.17, 15) is 8.78 Å². The Kier molecular flexibility index (Phi) is 9.51. The number of rotatable bonds is 10. The predicted molar refractivity (Wildman–Crippen MR) is 147 cm³/mol. The van der Waals surface area contributed by atoms with E-state index < -0.39 is 0 Å². The van der Waals surface area contributed by atoms with Crippen LogP contribution in [0.4, 0.5) is 8.78 Å². The Morgan fingerprint density at radius 3 is 1.82 bits per heavy atom. The van der Waals surface area contributed by atoms with Crippen LogP contribution in [0, 0.1) is 11.6 Å². The van der Waals surface area contributed by atoms with Crippen LogP contribution in [0.15, 0.2) is 78.9 Å². The monoisotopic (exact) mass is 520 g/mol. The van der Waals surface area contributed by atoms with E-state index in [1.807, 2.05) is 54.6 Å². The number of benzene rings is 3. The largest absolute Gasteiger partial charge is 0.493 e. The maximum absolute atomic E-state index is 13.6. The summed E-state index contributed by atoms with van der Waals surface area (Å²) in [7, 11) is 4.80. The Bertz CT molecular complexity index is 1190. The molecule has 0 spiro atoms. The number of methoxy groups -OCH3 is 3. The molecule has 0 bridgehead atoms. The lowest BCUT2D eigenvalue weighted by Crippen LogP contribution is -2.47. The van der Waals surface area contributed by atoms with Crippen LogP contribution >= 0.6 is 0 Å². The maximum atomic E-state index is 13.6. The highest BCUT2D eigenvalue weighted by molar-refractivity contribution is 5.67. The topological polar surface area (TPSA) is 34.2 Å². The zero-order valence-electron chi connectivity index (χ0n) is 22.1. The Morgan fingerprint density at radius 2 is 1.29 bits per heavy atom. The summed E-state index contributed by atoms with van der Waals surface area (Å²) in [6, 6.07) is 16.9. The van der Waals surface area contributed by atoms with Crippen LogP contribution in [-0.2, 0) is 0 Å². The van der Waals surface area contributed by atoms with Gasteiger partial charge in [-0.3, -0.25) is 9.80 Å². The summed E-state index contributed by atoms with van der Waals surface area (Å²) < 4.78 is 43.5. The van der Waals surface area contributed by atoms with Crippen molar-refractivity contribution < 1.29 is 23.0 Å². The molecule has 3 aromatic carbocycles. The van der Waals surface area contributed by atoms with Crippen LogP contribution in [0.1, 0.15) is 22.7 Å². The first-order valence-corrected chi connectivity index (χ1v) is 12.6. The van der Waals surface area contributed by atoms with E-state index >= 15 is 0 Å². The minimum Gasteiger partial charge on any atom is -0.493 e. The van der Waals surface area contributed by atoms with Crippen LogP contribution in [-0.4, -0.2) is 63.9 Å². The molecule has 1 aliphatic heterocycles. The molecule has 0 unspecified atom stereocenters. The van der Waals surface area contributed by atoms with Crippen molar-refractivity contribution in [3.8, 4) is 17.2 Å². The molecule has 0 amide bonds. The predicted octanol–water partition coefficient (Wildman–Crippen LogP) is 5.97. The van der Waals surface area contributed by atoms with Gasteiger partial charge in [-0.15, -0.1) is 0 Å². The molecule has 7 heteroatoms. The summed E-state index contributed by atoms with van der Waals surface area (Å²) in [6.45, 7) is 4.34. The number of nitrogens with zero attached hydrogens (tertiary/aromatic N) is 2. The molecule has 0 N–H and O–H groups in total. The first kappa shape index (κ1) is 27.4. The third-order valence-corrected chi connectivity index (χ3v) is 6.76.